The molecule has 2 amide bonds. The fourth-order valence-electron chi connectivity index (χ4n) is 4.86. The highest BCUT2D eigenvalue weighted by atomic mass is 16.5. The summed E-state index contributed by atoms with van der Waals surface area (Å²) in [6.07, 6.45) is 2.29. The van der Waals surface area contributed by atoms with E-state index in [-0.39, 0.29) is 11.8 Å². The van der Waals surface area contributed by atoms with E-state index in [1.807, 2.05) is 49.4 Å². The van der Waals surface area contributed by atoms with Gasteiger partial charge in [0.25, 0.3) is 11.8 Å². The van der Waals surface area contributed by atoms with Gasteiger partial charge in [0.15, 0.2) is 5.76 Å². The molecule has 3 aromatic rings. The van der Waals surface area contributed by atoms with E-state index in [0.29, 0.717) is 24.3 Å². The van der Waals surface area contributed by atoms with E-state index in [2.05, 4.69) is 20.7 Å². The number of nitrogens with zero attached hydrogens (tertiary/aromatic N) is 2. The highest BCUT2D eigenvalue weighted by Crippen LogP contribution is 2.30. The second kappa shape index (κ2) is 11.5. The maximum atomic E-state index is 12.9. The molecule has 0 atom stereocenters. The SMILES string of the molecule is Cc1c(C(=O)NCCN2CCOCC2)oc2c1/C(=N/NC(=O)c1ccc(-c3ccccc3)cc1)CCC2. The molecule has 0 spiro atoms. The molecule has 2 N–H and O–H groups in total. The first-order chi connectivity index (χ1) is 18.1. The summed E-state index contributed by atoms with van der Waals surface area (Å²) in [5.41, 5.74) is 7.71. The summed E-state index contributed by atoms with van der Waals surface area (Å²) in [5, 5.41) is 7.42. The summed E-state index contributed by atoms with van der Waals surface area (Å²) < 4.78 is 11.3. The van der Waals surface area contributed by atoms with Crippen LogP contribution >= 0.6 is 0 Å². The molecule has 5 rings (SSSR count). The van der Waals surface area contributed by atoms with Crippen LogP contribution in [0.3, 0.4) is 0 Å². The molecule has 1 saturated heterocycles. The molecule has 192 valence electrons. The molecular weight excluding hydrogens is 468 g/mol. The van der Waals surface area contributed by atoms with Gasteiger partial charge in [0.1, 0.15) is 5.76 Å². The van der Waals surface area contributed by atoms with Crippen LogP contribution in [0, 0.1) is 6.92 Å². The normalized spacial score (nSPS) is 16.8. The number of hydrazone groups is 1. The lowest BCUT2D eigenvalue weighted by Crippen LogP contribution is -2.41. The molecule has 0 bridgehead atoms. The molecule has 0 unspecified atom stereocenters. The van der Waals surface area contributed by atoms with Gasteiger partial charge in [-0.15, -0.1) is 0 Å². The van der Waals surface area contributed by atoms with E-state index < -0.39 is 0 Å². The molecule has 1 aromatic heterocycles. The first-order valence-electron chi connectivity index (χ1n) is 12.8. The Hall–Kier alpha value is -3.75. The Morgan fingerprint density at radius 1 is 0.946 bits per heavy atom. The second-order valence-corrected chi connectivity index (χ2v) is 9.36. The number of fused-ring (bicyclic) bond motifs is 1. The minimum atomic E-state index is -0.276. The van der Waals surface area contributed by atoms with Crippen LogP contribution in [0.25, 0.3) is 11.1 Å². The number of rotatable bonds is 7. The van der Waals surface area contributed by atoms with Gasteiger partial charge in [0.2, 0.25) is 0 Å². The van der Waals surface area contributed by atoms with Crippen molar-refractivity contribution in [2.24, 2.45) is 5.10 Å². The molecule has 1 aliphatic carbocycles. The topological polar surface area (TPSA) is 96.2 Å². The van der Waals surface area contributed by atoms with E-state index in [1.165, 1.54) is 0 Å². The number of amides is 2. The van der Waals surface area contributed by atoms with Crippen molar-refractivity contribution in [1.29, 1.82) is 0 Å². The summed E-state index contributed by atoms with van der Waals surface area (Å²) in [5.74, 6) is 0.579. The summed E-state index contributed by atoms with van der Waals surface area (Å²) in [4.78, 5) is 27.9. The van der Waals surface area contributed by atoms with E-state index in [9.17, 15) is 9.59 Å². The van der Waals surface area contributed by atoms with Crippen molar-refractivity contribution in [3.8, 4) is 11.1 Å². The first kappa shape index (κ1) is 24.9. The number of ether oxygens (including phenoxy) is 1. The highest BCUT2D eigenvalue weighted by molar-refractivity contribution is 6.07. The molecular formula is C29H32N4O4. The van der Waals surface area contributed by atoms with Crippen molar-refractivity contribution in [2.75, 3.05) is 39.4 Å². The minimum Gasteiger partial charge on any atom is -0.455 e. The fraction of sp³-hybridized carbons (Fsp3) is 0.345. The Labute approximate surface area is 216 Å². The van der Waals surface area contributed by atoms with Crippen LogP contribution in [-0.2, 0) is 11.2 Å². The molecule has 1 fully saturated rings. The van der Waals surface area contributed by atoms with Gasteiger partial charge < -0.3 is 14.5 Å². The third kappa shape index (κ3) is 5.81. The smallest absolute Gasteiger partial charge is 0.287 e. The van der Waals surface area contributed by atoms with Crippen molar-refractivity contribution in [3.63, 3.8) is 0 Å². The summed E-state index contributed by atoms with van der Waals surface area (Å²) in [6, 6.07) is 17.5. The van der Waals surface area contributed by atoms with E-state index in [4.69, 9.17) is 9.15 Å². The summed E-state index contributed by atoms with van der Waals surface area (Å²) in [6.45, 7) is 6.43. The molecule has 0 radical (unpaired) electrons. The minimum absolute atomic E-state index is 0.220. The van der Waals surface area contributed by atoms with Gasteiger partial charge in [0, 0.05) is 49.3 Å². The Morgan fingerprint density at radius 3 is 2.43 bits per heavy atom. The van der Waals surface area contributed by atoms with Crippen molar-refractivity contribution < 1.29 is 18.7 Å². The number of morpholine rings is 1. The van der Waals surface area contributed by atoms with Gasteiger partial charge in [-0.2, -0.15) is 5.10 Å². The number of carbonyl (C=O) groups is 2. The van der Waals surface area contributed by atoms with Crippen LogP contribution in [0.5, 0.6) is 0 Å². The lowest BCUT2D eigenvalue weighted by Gasteiger charge is -2.26. The molecule has 37 heavy (non-hydrogen) atoms. The van der Waals surface area contributed by atoms with Gasteiger partial charge in [0.05, 0.1) is 18.9 Å². The Kier molecular flexibility index (Phi) is 7.77. The van der Waals surface area contributed by atoms with Crippen LogP contribution in [0.2, 0.25) is 0 Å². The van der Waals surface area contributed by atoms with Crippen molar-refractivity contribution in [2.45, 2.75) is 26.2 Å². The van der Waals surface area contributed by atoms with Crippen molar-refractivity contribution in [1.82, 2.24) is 15.6 Å². The Bertz CT molecular complexity index is 1280. The zero-order valence-electron chi connectivity index (χ0n) is 21.1. The largest absolute Gasteiger partial charge is 0.455 e. The van der Waals surface area contributed by atoms with E-state index in [0.717, 1.165) is 79.4 Å². The molecule has 8 heteroatoms. The van der Waals surface area contributed by atoms with Crippen molar-refractivity contribution in [3.05, 3.63) is 82.8 Å². The molecule has 8 nitrogen and oxygen atoms in total. The molecule has 0 saturated carbocycles. The number of furan rings is 1. The van der Waals surface area contributed by atoms with Gasteiger partial charge in [-0.1, -0.05) is 42.5 Å². The average Bonchev–Trinajstić information content (AvgIpc) is 3.30. The van der Waals surface area contributed by atoms with Crippen LogP contribution in [0.4, 0.5) is 0 Å². The highest BCUT2D eigenvalue weighted by Gasteiger charge is 2.28. The Balaban J connectivity index is 1.23. The third-order valence-corrected chi connectivity index (χ3v) is 6.90. The average molecular weight is 501 g/mol. The van der Waals surface area contributed by atoms with Gasteiger partial charge in [-0.3, -0.25) is 14.5 Å². The summed E-state index contributed by atoms with van der Waals surface area (Å²) >= 11 is 0. The fourth-order valence-corrected chi connectivity index (χ4v) is 4.86. The maximum Gasteiger partial charge on any atom is 0.287 e. The van der Waals surface area contributed by atoms with Gasteiger partial charge >= 0.3 is 0 Å². The van der Waals surface area contributed by atoms with Crippen molar-refractivity contribution >= 4 is 17.5 Å². The van der Waals surface area contributed by atoms with Gasteiger partial charge in [-0.25, -0.2) is 5.43 Å². The quantitative estimate of drug-likeness (QED) is 0.482. The maximum absolute atomic E-state index is 12.9. The van der Waals surface area contributed by atoms with E-state index in [1.54, 1.807) is 12.1 Å². The van der Waals surface area contributed by atoms with Crippen LogP contribution in [0.15, 0.2) is 64.1 Å². The number of nitrogens with one attached hydrogen (secondary N) is 2. The lowest BCUT2D eigenvalue weighted by atomic mass is 9.93. The van der Waals surface area contributed by atoms with Gasteiger partial charge in [-0.05, 0) is 43.0 Å². The number of carbonyl (C=O) groups excluding carboxylic acids is 2. The molecule has 2 heterocycles. The predicted molar refractivity (Wildman–Crippen MR) is 142 cm³/mol. The Morgan fingerprint density at radius 2 is 1.68 bits per heavy atom. The van der Waals surface area contributed by atoms with Crippen LogP contribution < -0.4 is 10.7 Å². The number of hydrogen-bond acceptors (Lipinski definition) is 6. The number of hydrogen-bond donors (Lipinski definition) is 2. The summed E-state index contributed by atoms with van der Waals surface area (Å²) in [7, 11) is 0. The molecule has 2 aliphatic rings. The monoisotopic (exact) mass is 500 g/mol. The van der Waals surface area contributed by atoms with Crippen LogP contribution in [-0.4, -0.2) is 61.8 Å². The lowest BCUT2D eigenvalue weighted by molar-refractivity contribution is 0.0382. The zero-order chi connectivity index (χ0) is 25.6. The second-order valence-electron chi connectivity index (χ2n) is 9.36. The standard InChI is InChI=1S/C29H32N4O4/c1-20-26-24(31-32-28(34)23-12-10-22(11-13-23)21-6-3-2-4-7-21)8-5-9-25(26)37-27(20)29(35)30-14-15-33-16-18-36-19-17-33/h2-4,6-7,10-13H,5,8-9,14-19H2,1H3,(H,30,35)(H,32,34)/b31-24+. The third-order valence-electron chi connectivity index (χ3n) is 6.90. The molecule has 2 aromatic carbocycles. The van der Waals surface area contributed by atoms with Crippen LogP contribution in [0.1, 0.15) is 50.6 Å². The zero-order valence-corrected chi connectivity index (χ0v) is 21.1. The predicted octanol–water partition coefficient (Wildman–Crippen LogP) is 3.79. The number of aryl methyl sites for hydroxylation is 1. The van der Waals surface area contributed by atoms with E-state index >= 15 is 0 Å². The first-order valence-corrected chi connectivity index (χ1v) is 12.8. The number of benzene rings is 2. The molecule has 1 aliphatic heterocycles.